The lowest BCUT2D eigenvalue weighted by Crippen LogP contribution is -2.45. The quantitative estimate of drug-likeness (QED) is 0.0362. The van der Waals surface area contributed by atoms with E-state index in [-0.39, 0.29) is 18.9 Å². The highest BCUT2D eigenvalue weighted by Gasteiger charge is 2.20. The normalized spacial score (nSPS) is 13.7. The molecule has 0 aromatic heterocycles. The molecule has 0 aliphatic rings. The number of aliphatic hydroxyl groups excluding tert-OH is 3. The molecule has 5 nitrogen and oxygen atoms in total. The summed E-state index contributed by atoms with van der Waals surface area (Å²) in [5.41, 5.74) is 0. The van der Waals surface area contributed by atoms with E-state index in [2.05, 4.69) is 55.6 Å². The zero-order valence-corrected chi connectivity index (χ0v) is 42.2. The molecule has 0 aromatic carbocycles. The van der Waals surface area contributed by atoms with E-state index >= 15 is 0 Å². The van der Waals surface area contributed by atoms with Crippen molar-refractivity contribution < 1.29 is 20.1 Å². The van der Waals surface area contributed by atoms with E-state index in [0.29, 0.717) is 6.42 Å². The highest BCUT2D eigenvalue weighted by atomic mass is 16.3. The van der Waals surface area contributed by atoms with E-state index < -0.39 is 18.2 Å². The van der Waals surface area contributed by atoms with Crippen LogP contribution < -0.4 is 5.32 Å². The maximum Gasteiger partial charge on any atom is 0.222 e. The number of carbonyl (C=O) groups is 1. The molecular formula is C58H109NO4. The van der Waals surface area contributed by atoms with Crippen LogP contribution in [-0.4, -0.2) is 46.1 Å². The largest absolute Gasteiger partial charge is 0.394 e. The third-order valence-corrected chi connectivity index (χ3v) is 12.8. The van der Waals surface area contributed by atoms with E-state index in [0.717, 1.165) is 38.5 Å². The Hall–Kier alpha value is -1.69. The molecule has 0 spiro atoms. The molecule has 370 valence electrons. The van der Waals surface area contributed by atoms with Crippen molar-refractivity contribution in [3.63, 3.8) is 0 Å². The smallest absolute Gasteiger partial charge is 0.222 e. The van der Waals surface area contributed by atoms with Gasteiger partial charge in [0, 0.05) is 0 Å². The minimum Gasteiger partial charge on any atom is -0.394 e. The SMILES string of the molecule is CCCCCCCCCCCCC/C=C/CC/C=C/CC/C=C/C(O)C(CO)NC(=O)CC(O)CCCCCCCCCCCCC/C=C\CCCCCCCCCCCCCC. The Morgan fingerprint density at radius 3 is 1.02 bits per heavy atom. The standard InChI is InChI=1S/C58H109NO4/c1-3-5-7-9-11-13-15-17-19-21-23-25-26-27-28-29-30-32-33-35-37-39-41-43-45-47-49-51-55(61)53-58(63)59-56(54-60)57(62)52-50-48-46-44-42-40-38-36-34-31-24-22-20-18-16-14-12-10-8-6-4-2/h27-28,34,36,42,44,50,52,55-57,60-62H,3-26,29-33,35,37-41,43,45-49,51,53-54H2,1-2H3,(H,59,63)/b28-27-,36-34+,44-42+,52-50+. The van der Waals surface area contributed by atoms with Crippen LogP contribution in [-0.2, 0) is 4.79 Å². The Labute approximate surface area is 393 Å². The molecule has 0 rings (SSSR count). The van der Waals surface area contributed by atoms with Gasteiger partial charge in [-0.1, -0.05) is 262 Å². The van der Waals surface area contributed by atoms with Gasteiger partial charge in [-0.25, -0.2) is 0 Å². The maximum atomic E-state index is 12.5. The van der Waals surface area contributed by atoms with Crippen LogP contribution in [0, 0.1) is 0 Å². The zero-order valence-electron chi connectivity index (χ0n) is 42.2. The second-order valence-electron chi connectivity index (χ2n) is 19.2. The number of carbonyl (C=O) groups excluding carboxylic acids is 1. The van der Waals surface area contributed by atoms with Gasteiger partial charge in [-0.15, -0.1) is 0 Å². The summed E-state index contributed by atoms with van der Waals surface area (Å²) in [7, 11) is 0. The van der Waals surface area contributed by atoms with Crippen LogP contribution in [0.25, 0.3) is 0 Å². The van der Waals surface area contributed by atoms with Crippen molar-refractivity contribution in [1.82, 2.24) is 5.32 Å². The first kappa shape index (κ1) is 61.3. The van der Waals surface area contributed by atoms with E-state index in [1.807, 2.05) is 6.08 Å². The van der Waals surface area contributed by atoms with Gasteiger partial charge in [0.25, 0.3) is 0 Å². The third kappa shape index (κ3) is 49.6. The topological polar surface area (TPSA) is 89.8 Å². The third-order valence-electron chi connectivity index (χ3n) is 12.8. The molecule has 3 atom stereocenters. The summed E-state index contributed by atoms with van der Waals surface area (Å²) in [6.07, 6.45) is 70.1. The molecule has 63 heavy (non-hydrogen) atoms. The molecule has 4 N–H and O–H groups in total. The molecule has 0 saturated heterocycles. The summed E-state index contributed by atoms with van der Waals surface area (Å²) in [5.74, 6) is -0.328. The minimum absolute atomic E-state index is 0.00202. The number of unbranched alkanes of at least 4 members (excludes halogenated alkanes) is 36. The summed E-state index contributed by atoms with van der Waals surface area (Å²) in [4.78, 5) is 12.5. The van der Waals surface area contributed by atoms with Gasteiger partial charge in [0.15, 0.2) is 0 Å². The fourth-order valence-corrected chi connectivity index (χ4v) is 8.55. The molecular weight excluding hydrogens is 775 g/mol. The fraction of sp³-hybridized carbons (Fsp3) is 0.845. The molecule has 5 heteroatoms. The molecule has 0 aliphatic carbocycles. The molecule has 0 radical (unpaired) electrons. The van der Waals surface area contributed by atoms with Gasteiger partial charge in [0.2, 0.25) is 5.91 Å². The Balaban J connectivity index is 3.62. The number of aliphatic hydroxyl groups is 3. The molecule has 1 amide bonds. The van der Waals surface area contributed by atoms with Gasteiger partial charge in [-0.3, -0.25) is 4.79 Å². The predicted molar refractivity (Wildman–Crippen MR) is 277 cm³/mol. The molecule has 3 unspecified atom stereocenters. The number of rotatable bonds is 51. The van der Waals surface area contributed by atoms with Crippen LogP contribution in [0.2, 0.25) is 0 Å². The van der Waals surface area contributed by atoms with Gasteiger partial charge in [0.05, 0.1) is 31.3 Å². The van der Waals surface area contributed by atoms with Crippen LogP contribution in [0.3, 0.4) is 0 Å². The summed E-state index contributed by atoms with van der Waals surface area (Å²) in [6, 6.07) is -0.769. The van der Waals surface area contributed by atoms with Crippen LogP contribution in [0.1, 0.15) is 290 Å². The summed E-state index contributed by atoms with van der Waals surface area (Å²) < 4.78 is 0. The summed E-state index contributed by atoms with van der Waals surface area (Å²) in [5, 5.41) is 33.4. The zero-order chi connectivity index (χ0) is 45.8. The van der Waals surface area contributed by atoms with E-state index in [1.165, 1.54) is 225 Å². The average molecular weight is 885 g/mol. The lowest BCUT2D eigenvalue weighted by Gasteiger charge is -2.21. The number of hydrogen-bond acceptors (Lipinski definition) is 4. The minimum atomic E-state index is -0.962. The van der Waals surface area contributed by atoms with Gasteiger partial charge >= 0.3 is 0 Å². The first-order valence-corrected chi connectivity index (χ1v) is 27.9. The summed E-state index contributed by atoms with van der Waals surface area (Å²) in [6.45, 7) is 4.22. The van der Waals surface area contributed by atoms with Crippen molar-refractivity contribution >= 4 is 5.91 Å². The van der Waals surface area contributed by atoms with Crippen LogP contribution in [0.5, 0.6) is 0 Å². The van der Waals surface area contributed by atoms with Gasteiger partial charge in [-0.2, -0.15) is 0 Å². The number of amides is 1. The van der Waals surface area contributed by atoms with Gasteiger partial charge in [0.1, 0.15) is 0 Å². The first-order valence-electron chi connectivity index (χ1n) is 27.9. The van der Waals surface area contributed by atoms with Crippen LogP contribution in [0.4, 0.5) is 0 Å². The van der Waals surface area contributed by atoms with Gasteiger partial charge < -0.3 is 20.6 Å². The lowest BCUT2D eigenvalue weighted by atomic mass is 10.0. The fourth-order valence-electron chi connectivity index (χ4n) is 8.55. The number of nitrogens with one attached hydrogen (secondary N) is 1. The maximum absolute atomic E-state index is 12.5. The second kappa shape index (κ2) is 52.9. The second-order valence-corrected chi connectivity index (χ2v) is 19.2. The monoisotopic (exact) mass is 884 g/mol. The Morgan fingerprint density at radius 1 is 0.397 bits per heavy atom. The predicted octanol–water partition coefficient (Wildman–Crippen LogP) is 17.2. The molecule has 0 aliphatic heterocycles. The molecule has 0 saturated carbocycles. The highest BCUT2D eigenvalue weighted by molar-refractivity contribution is 5.76. The Kier molecular flexibility index (Phi) is 51.5. The molecule has 0 aromatic rings. The Bertz CT molecular complexity index is 1020. The van der Waals surface area contributed by atoms with Crippen molar-refractivity contribution in [1.29, 1.82) is 0 Å². The van der Waals surface area contributed by atoms with Crippen LogP contribution >= 0.6 is 0 Å². The van der Waals surface area contributed by atoms with Crippen molar-refractivity contribution in [3.8, 4) is 0 Å². The Morgan fingerprint density at radius 2 is 0.683 bits per heavy atom. The van der Waals surface area contributed by atoms with E-state index in [9.17, 15) is 20.1 Å². The van der Waals surface area contributed by atoms with Crippen molar-refractivity contribution in [3.05, 3.63) is 48.6 Å². The average Bonchev–Trinajstić information content (AvgIpc) is 3.28. The number of hydrogen-bond donors (Lipinski definition) is 4. The number of allylic oxidation sites excluding steroid dienone is 7. The van der Waals surface area contributed by atoms with E-state index in [1.54, 1.807) is 6.08 Å². The van der Waals surface area contributed by atoms with Crippen LogP contribution in [0.15, 0.2) is 48.6 Å². The van der Waals surface area contributed by atoms with Gasteiger partial charge in [-0.05, 0) is 70.6 Å². The lowest BCUT2D eigenvalue weighted by molar-refractivity contribution is -0.124. The molecule has 0 heterocycles. The summed E-state index contributed by atoms with van der Waals surface area (Å²) >= 11 is 0. The van der Waals surface area contributed by atoms with E-state index in [4.69, 9.17) is 0 Å². The molecule has 0 bridgehead atoms. The highest BCUT2D eigenvalue weighted by Crippen LogP contribution is 2.16. The van der Waals surface area contributed by atoms with Crippen molar-refractivity contribution in [2.45, 2.75) is 308 Å². The van der Waals surface area contributed by atoms with Crippen molar-refractivity contribution in [2.75, 3.05) is 6.61 Å². The molecule has 0 fully saturated rings. The first-order chi connectivity index (χ1) is 31.0. The van der Waals surface area contributed by atoms with Crippen molar-refractivity contribution in [2.24, 2.45) is 0 Å².